The second kappa shape index (κ2) is 4.71. The van der Waals surface area contributed by atoms with Crippen LogP contribution in [0.3, 0.4) is 0 Å². The number of nitrogens with two attached hydrogens (primary N) is 1. The van der Waals surface area contributed by atoms with Crippen molar-refractivity contribution in [1.29, 1.82) is 0 Å². The third kappa shape index (κ3) is 2.34. The van der Waals surface area contributed by atoms with E-state index in [0.717, 1.165) is 12.1 Å². The van der Waals surface area contributed by atoms with Crippen LogP contribution in [-0.4, -0.2) is 11.6 Å². The van der Waals surface area contributed by atoms with Gasteiger partial charge in [0.1, 0.15) is 5.84 Å². The van der Waals surface area contributed by atoms with Crippen LogP contribution in [0.15, 0.2) is 23.2 Å². The van der Waals surface area contributed by atoms with Gasteiger partial charge < -0.3 is 5.73 Å². The first-order valence-corrected chi connectivity index (χ1v) is 5.99. The predicted octanol–water partition coefficient (Wildman–Crippen LogP) is 2.48. The van der Waals surface area contributed by atoms with Crippen molar-refractivity contribution in [2.75, 3.05) is 5.75 Å². The molecular weight excluding hydrogens is 204 g/mol. The van der Waals surface area contributed by atoms with Crippen molar-refractivity contribution < 1.29 is 0 Å². The Kier molecular flexibility index (Phi) is 3.31. The average Bonchev–Trinajstić information content (AvgIpc) is 2.29. The lowest BCUT2D eigenvalue weighted by atomic mass is 9.90. The molecule has 0 fully saturated rings. The van der Waals surface area contributed by atoms with Gasteiger partial charge in [0, 0.05) is 5.75 Å². The van der Waals surface area contributed by atoms with E-state index in [0.29, 0.717) is 11.6 Å². The van der Waals surface area contributed by atoms with Gasteiger partial charge in [0.2, 0.25) is 0 Å². The van der Waals surface area contributed by atoms with Gasteiger partial charge >= 0.3 is 0 Å². The van der Waals surface area contributed by atoms with Gasteiger partial charge in [0.15, 0.2) is 0 Å². The average molecular weight is 220 g/mol. The zero-order valence-electron chi connectivity index (χ0n) is 8.74. The second-order valence-corrected chi connectivity index (χ2v) is 4.20. The van der Waals surface area contributed by atoms with Gasteiger partial charge in [-0.25, -0.2) is 4.99 Å². The first-order valence-electron chi connectivity index (χ1n) is 5.36. The number of aryl methyl sites for hydroxylation is 1. The van der Waals surface area contributed by atoms with Gasteiger partial charge in [-0.2, -0.15) is 12.6 Å². The topological polar surface area (TPSA) is 38.4 Å². The number of hydrogen-bond donors (Lipinski definition) is 2. The van der Waals surface area contributed by atoms with Crippen LogP contribution in [0.4, 0.5) is 5.69 Å². The minimum atomic E-state index is 0.518. The number of aliphatic imine (C=N–C) groups is 1. The van der Waals surface area contributed by atoms with Crippen molar-refractivity contribution in [3.63, 3.8) is 0 Å². The minimum Gasteiger partial charge on any atom is -0.386 e. The molecule has 2 N–H and O–H groups in total. The fourth-order valence-corrected chi connectivity index (χ4v) is 2.13. The van der Waals surface area contributed by atoms with Gasteiger partial charge in [0.25, 0.3) is 0 Å². The molecule has 0 saturated carbocycles. The van der Waals surface area contributed by atoms with Crippen LogP contribution in [0, 0.1) is 0 Å². The molecular formula is C12H16N2S. The number of nitrogens with zero attached hydrogens (tertiary/aromatic N) is 1. The summed E-state index contributed by atoms with van der Waals surface area (Å²) >= 11 is 4.12. The summed E-state index contributed by atoms with van der Waals surface area (Å²) in [4.78, 5) is 4.41. The van der Waals surface area contributed by atoms with Crippen LogP contribution in [0.1, 0.15) is 24.0 Å². The van der Waals surface area contributed by atoms with E-state index in [-0.39, 0.29) is 0 Å². The van der Waals surface area contributed by atoms with E-state index in [4.69, 9.17) is 5.73 Å². The summed E-state index contributed by atoms with van der Waals surface area (Å²) in [5.41, 5.74) is 9.57. The van der Waals surface area contributed by atoms with Crippen LogP contribution in [0.5, 0.6) is 0 Å². The molecule has 0 bridgehead atoms. The normalized spacial score (nSPS) is 16.2. The maximum Gasteiger partial charge on any atom is 0.109 e. The molecule has 0 heterocycles. The summed E-state index contributed by atoms with van der Waals surface area (Å²) in [5.74, 6) is 1.11. The monoisotopic (exact) mass is 220 g/mol. The highest BCUT2D eigenvalue weighted by Crippen LogP contribution is 2.29. The zero-order chi connectivity index (χ0) is 10.7. The fraction of sp³-hybridized carbons (Fsp3) is 0.417. The first-order chi connectivity index (χ1) is 7.31. The van der Waals surface area contributed by atoms with Crippen LogP contribution in [0.2, 0.25) is 0 Å². The lowest BCUT2D eigenvalue weighted by molar-refractivity contribution is 0.686. The molecule has 0 amide bonds. The Labute approximate surface area is 96.0 Å². The number of rotatable bonds is 2. The maximum absolute atomic E-state index is 5.71. The molecule has 1 aliphatic carbocycles. The SMILES string of the molecule is NC(CS)=Nc1cccc2c1CCCC2. The molecule has 15 heavy (non-hydrogen) atoms. The van der Waals surface area contributed by atoms with Crippen molar-refractivity contribution in [3.05, 3.63) is 29.3 Å². The largest absolute Gasteiger partial charge is 0.386 e. The molecule has 3 heteroatoms. The first kappa shape index (κ1) is 10.6. The lowest BCUT2D eigenvalue weighted by Crippen LogP contribution is -2.13. The number of benzene rings is 1. The lowest BCUT2D eigenvalue weighted by Gasteiger charge is -2.17. The third-order valence-corrected chi connectivity index (χ3v) is 3.12. The van der Waals surface area contributed by atoms with Crippen molar-refractivity contribution >= 4 is 24.2 Å². The van der Waals surface area contributed by atoms with Gasteiger partial charge in [-0.1, -0.05) is 12.1 Å². The van der Waals surface area contributed by atoms with E-state index >= 15 is 0 Å². The van der Waals surface area contributed by atoms with Crippen molar-refractivity contribution in [3.8, 4) is 0 Å². The molecule has 0 aliphatic heterocycles. The maximum atomic E-state index is 5.71. The van der Waals surface area contributed by atoms with Crippen LogP contribution < -0.4 is 5.73 Å². The second-order valence-electron chi connectivity index (χ2n) is 3.88. The summed E-state index contributed by atoms with van der Waals surface area (Å²) < 4.78 is 0. The number of amidine groups is 1. The smallest absolute Gasteiger partial charge is 0.109 e. The number of fused-ring (bicyclic) bond motifs is 1. The molecule has 2 rings (SSSR count). The standard InChI is InChI=1S/C12H16N2S/c13-12(8-15)14-11-7-3-5-9-4-1-2-6-10(9)11/h3,5,7,15H,1-2,4,6,8H2,(H2,13,14). The van der Waals surface area contributed by atoms with E-state index < -0.39 is 0 Å². The summed E-state index contributed by atoms with van der Waals surface area (Å²) in [7, 11) is 0. The van der Waals surface area contributed by atoms with Gasteiger partial charge in [-0.05, 0) is 42.9 Å². The molecule has 2 nitrogen and oxygen atoms in total. The van der Waals surface area contributed by atoms with Crippen molar-refractivity contribution in [1.82, 2.24) is 0 Å². The number of thiol groups is 1. The van der Waals surface area contributed by atoms with E-state index in [1.807, 2.05) is 6.07 Å². The Morgan fingerprint density at radius 3 is 2.93 bits per heavy atom. The highest BCUT2D eigenvalue weighted by molar-refractivity contribution is 7.81. The number of hydrogen-bond acceptors (Lipinski definition) is 2. The van der Waals surface area contributed by atoms with E-state index in [1.165, 1.54) is 30.4 Å². The van der Waals surface area contributed by atoms with Crippen LogP contribution in [0.25, 0.3) is 0 Å². The minimum absolute atomic E-state index is 0.518. The Bertz CT molecular complexity index is 385. The quantitative estimate of drug-likeness (QED) is 0.448. The molecule has 0 spiro atoms. The van der Waals surface area contributed by atoms with Crippen molar-refractivity contribution in [2.45, 2.75) is 25.7 Å². The van der Waals surface area contributed by atoms with E-state index in [2.05, 4.69) is 29.8 Å². The molecule has 0 radical (unpaired) electrons. The van der Waals surface area contributed by atoms with E-state index in [9.17, 15) is 0 Å². The Morgan fingerprint density at radius 1 is 1.33 bits per heavy atom. The molecule has 1 aliphatic rings. The van der Waals surface area contributed by atoms with Crippen molar-refractivity contribution in [2.24, 2.45) is 10.7 Å². The fourth-order valence-electron chi connectivity index (χ4n) is 2.06. The van der Waals surface area contributed by atoms with Crippen LogP contribution >= 0.6 is 12.6 Å². The Morgan fingerprint density at radius 2 is 2.13 bits per heavy atom. The summed E-state index contributed by atoms with van der Waals surface area (Å²) in [5, 5.41) is 0. The summed E-state index contributed by atoms with van der Waals surface area (Å²) in [6.07, 6.45) is 4.87. The predicted molar refractivity (Wildman–Crippen MR) is 68.2 cm³/mol. The molecule has 0 atom stereocenters. The molecule has 1 aromatic carbocycles. The molecule has 0 saturated heterocycles. The Balaban J connectivity index is 2.39. The van der Waals surface area contributed by atoms with Crippen LogP contribution in [-0.2, 0) is 12.8 Å². The highest BCUT2D eigenvalue weighted by Gasteiger charge is 2.12. The molecule has 80 valence electrons. The Hall–Kier alpha value is -0.960. The molecule has 0 aromatic heterocycles. The summed E-state index contributed by atoms with van der Waals surface area (Å²) in [6.45, 7) is 0. The third-order valence-electron chi connectivity index (χ3n) is 2.80. The van der Waals surface area contributed by atoms with Gasteiger partial charge in [-0.15, -0.1) is 0 Å². The summed E-state index contributed by atoms with van der Waals surface area (Å²) in [6, 6.07) is 6.31. The molecule has 1 aromatic rings. The zero-order valence-corrected chi connectivity index (χ0v) is 9.63. The van der Waals surface area contributed by atoms with Gasteiger partial charge in [0.05, 0.1) is 5.69 Å². The van der Waals surface area contributed by atoms with E-state index in [1.54, 1.807) is 0 Å². The highest BCUT2D eigenvalue weighted by atomic mass is 32.1. The molecule has 0 unspecified atom stereocenters. The van der Waals surface area contributed by atoms with Gasteiger partial charge in [-0.3, -0.25) is 0 Å².